The van der Waals surface area contributed by atoms with Crippen molar-refractivity contribution >= 4 is 6.09 Å². The van der Waals surface area contributed by atoms with E-state index in [0.717, 1.165) is 13.0 Å². The minimum absolute atomic E-state index is 0.0826. The Morgan fingerprint density at radius 1 is 1.37 bits per heavy atom. The molecule has 1 aromatic rings. The van der Waals surface area contributed by atoms with Crippen molar-refractivity contribution in [3.05, 3.63) is 34.9 Å². The third kappa shape index (κ3) is 3.09. The van der Waals surface area contributed by atoms with Crippen LogP contribution in [-0.4, -0.2) is 23.1 Å². The van der Waals surface area contributed by atoms with Gasteiger partial charge in [0.05, 0.1) is 6.04 Å². The lowest BCUT2D eigenvalue weighted by molar-refractivity contribution is 0.0160. The number of rotatable bonds is 0. The predicted molar refractivity (Wildman–Crippen MR) is 76.2 cm³/mol. The molecule has 0 radical (unpaired) electrons. The SMILES string of the molecule is Cc1ccc2c(c1)CCN(C(=O)OC(C)(C)C)[C@H]2C. The molecule has 1 aliphatic heterocycles. The maximum Gasteiger partial charge on any atom is 0.410 e. The van der Waals surface area contributed by atoms with Gasteiger partial charge in [0.15, 0.2) is 0 Å². The molecule has 0 saturated heterocycles. The van der Waals surface area contributed by atoms with Gasteiger partial charge in [-0.05, 0) is 52.2 Å². The number of benzene rings is 1. The first-order valence-corrected chi connectivity index (χ1v) is 6.87. The molecule has 2 rings (SSSR count). The van der Waals surface area contributed by atoms with Gasteiger partial charge in [0, 0.05) is 6.54 Å². The fourth-order valence-corrected chi connectivity index (χ4v) is 2.53. The van der Waals surface area contributed by atoms with Gasteiger partial charge in [0.1, 0.15) is 5.60 Å². The summed E-state index contributed by atoms with van der Waals surface area (Å²) < 4.78 is 5.47. The first-order valence-electron chi connectivity index (χ1n) is 6.87. The number of amides is 1. The number of nitrogens with zero attached hydrogens (tertiary/aromatic N) is 1. The molecule has 1 aliphatic rings. The predicted octanol–water partition coefficient (Wildman–Crippen LogP) is 3.85. The van der Waals surface area contributed by atoms with E-state index in [2.05, 4.69) is 32.0 Å². The molecule has 0 saturated carbocycles. The number of ether oxygens (including phenoxy) is 1. The van der Waals surface area contributed by atoms with Crippen molar-refractivity contribution in [2.45, 2.75) is 52.7 Å². The van der Waals surface area contributed by atoms with Gasteiger partial charge in [-0.25, -0.2) is 4.79 Å². The Morgan fingerprint density at radius 3 is 2.68 bits per heavy atom. The van der Waals surface area contributed by atoms with Crippen LogP contribution in [0.1, 0.15) is 50.4 Å². The number of hydrogen-bond acceptors (Lipinski definition) is 2. The van der Waals surface area contributed by atoms with Gasteiger partial charge in [0.25, 0.3) is 0 Å². The van der Waals surface area contributed by atoms with Crippen LogP contribution in [0.4, 0.5) is 4.79 Å². The molecule has 0 fully saturated rings. The molecule has 0 aliphatic carbocycles. The number of fused-ring (bicyclic) bond motifs is 1. The highest BCUT2D eigenvalue weighted by molar-refractivity contribution is 5.69. The van der Waals surface area contributed by atoms with E-state index in [0.29, 0.717) is 0 Å². The smallest absolute Gasteiger partial charge is 0.410 e. The minimum Gasteiger partial charge on any atom is -0.444 e. The first-order chi connectivity index (χ1) is 8.78. The van der Waals surface area contributed by atoms with Gasteiger partial charge in [-0.2, -0.15) is 0 Å². The highest BCUT2D eigenvalue weighted by Crippen LogP contribution is 2.31. The molecule has 0 unspecified atom stereocenters. The summed E-state index contributed by atoms with van der Waals surface area (Å²) in [5.74, 6) is 0. The van der Waals surface area contributed by atoms with E-state index in [1.807, 2.05) is 25.7 Å². The molecule has 3 heteroatoms. The Balaban J connectivity index is 2.19. The van der Waals surface area contributed by atoms with Crippen molar-refractivity contribution in [3.8, 4) is 0 Å². The van der Waals surface area contributed by atoms with Crippen molar-refractivity contribution in [2.75, 3.05) is 6.54 Å². The van der Waals surface area contributed by atoms with E-state index in [1.54, 1.807) is 0 Å². The van der Waals surface area contributed by atoms with Gasteiger partial charge in [0.2, 0.25) is 0 Å². The van der Waals surface area contributed by atoms with E-state index in [1.165, 1.54) is 16.7 Å². The van der Waals surface area contributed by atoms with E-state index >= 15 is 0 Å². The van der Waals surface area contributed by atoms with Crippen LogP contribution in [0.5, 0.6) is 0 Å². The summed E-state index contributed by atoms with van der Waals surface area (Å²) in [6.45, 7) is 10.6. The Morgan fingerprint density at radius 2 is 2.05 bits per heavy atom. The second-order valence-electron chi connectivity index (χ2n) is 6.30. The molecule has 1 amide bonds. The second kappa shape index (κ2) is 4.87. The minimum atomic E-state index is -0.440. The fourth-order valence-electron chi connectivity index (χ4n) is 2.53. The zero-order valence-corrected chi connectivity index (χ0v) is 12.5. The zero-order valence-electron chi connectivity index (χ0n) is 12.5. The Kier molecular flexibility index (Phi) is 3.57. The summed E-state index contributed by atoms with van der Waals surface area (Å²) in [7, 11) is 0. The van der Waals surface area contributed by atoms with Gasteiger partial charge >= 0.3 is 6.09 Å². The highest BCUT2D eigenvalue weighted by atomic mass is 16.6. The lowest BCUT2D eigenvalue weighted by Gasteiger charge is -2.36. The molecule has 104 valence electrons. The molecule has 1 aromatic carbocycles. The topological polar surface area (TPSA) is 29.5 Å². The molecule has 1 heterocycles. The van der Waals surface area contributed by atoms with Crippen molar-refractivity contribution in [3.63, 3.8) is 0 Å². The third-order valence-electron chi connectivity index (χ3n) is 3.47. The van der Waals surface area contributed by atoms with Crippen LogP contribution >= 0.6 is 0 Å². The molecule has 1 atom stereocenters. The van der Waals surface area contributed by atoms with Crippen molar-refractivity contribution < 1.29 is 9.53 Å². The van der Waals surface area contributed by atoms with Gasteiger partial charge in [-0.1, -0.05) is 23.8 Å². The number of carbonyl (C=O) groups is 1. The van der Waals surface area contributed by atoms with Crippen LogP contribution < -0.4 is 0 Å². The van der Waals surface area contributed by atoms with Crippen molar-refractivity contribution in [1.82, 2.24) is 4.90 Å². The Hall–Kier alpha value is -1.51. The monoisotopic (exact) mass is 261 g/mol. The maximum atomic E-state index is 12.2. The van der Waals surface area contributed by atoms with Gasteiger partial charge < -0.3 is 9.64 Å². The number of aryl methyl sites for hydroxylation is 1. The Labute approximate surface area is 115 Å². The molecular formula is C16H23NO2. The van der Waals surface area contributed by atoms with E-state index in [9.17, 15) is 4.79 Å². The van der Waals surface area contributed by atoms with Crippen molar-refractivity contribution in [2.24, 2.45) is 0 Å². The van der Waals surface area contributed by atoms with E-state index < -0.39 is 5.60 Å². The van der Waals surface area contributed by atoms with Crippen LogP contribution in [0.25, 0.3) is 0 Å². The average molecular weight is 261 g/mol. The average Bonchev–Trinajstić information content (AvgIpc) is 2.26. The quantitative estimate of drug-likeness (QED) is 0.710. The Bertz CT molecular complexity index is 488. The molecular weight excluding hydrogens is 238 g/mol. The summed E-state index contributed by atoms with van der Waals surface area (Å²) in [6, 6.07) is 6.54. The second-order valence-corrected chi connectivity index (χ2v) is 6.30. The van der Waals surface area contributed by atoms with Crippen LogP contribution in [0.2, 0.25) is 0 Å². The normalized spacial score (nSPS) is 19.0. The van der Waals surface area contributed by atoms with Crippen LogP contribution in [-0.2, 0) is 11.2 Å². The summed E-state index contributed by atoms with van der Waals surface area (Å²) >= 11 is 0. The molecule has 19 heavy (non-hydrogen) atoms. The number of hydrogen-bond donors (Lipinski definition) is 0. The summed E-state index contributed by atoms with van der Waals surface area (Å²) in [5.41, 5.74) is 3.43. The standard InChI is InChI=1S/C16H23NO2/c1-11-6-7-14-12(2)17(9-8-13(14)10-11)15(18)19-16(3,4)5/h6-7,10,12H,8-9H2,1-5H3/t12-/m0/s1. The molecule has 0 bridgehead atoms. The lowest BCUT2D eigenvalue weighted by Crippen LogP contribution is -2.42. The molecule has 0 spiro atoms. The first kappa shape index (κ1) is 13.9. The summed E-state index contributed by atoms with van der Waals surface area (Å²) in [4.78, 5) is 14.0. The molecule has 3 nitrogen and oxygen atoms in total. The number of carbonyl (C=O) groups excluding carboxylic acids is 1. The van der Waals surface area contributed by atoms with Gasteiger partial charge in [-0.3, -0.25) is 0 Å². The maximum absolute atomic E-state index is 12.2. The highest BCUT2D eigenvalue weighted by Gasteiger charge is 2.30. The fraction of sp³-hybridized carbons (Fsp3) is 0.562. The van der Waals surface area contributed by atoms with Crippen LogP contribution in [0.15, 0.2) is 18.2 Å². The van der Waals surface area contributed by atoms with E-state index in [-0.39, 0.29) is 12.1 Å². The largest absolute Gasteiger partial charge is 0.444 e. The third-order valence-corrected chi connectivity index (χ3v) is 3.47. The van der Waals surface area contributed by atoms with E-state index in [4.69, 9.17) is 4.74 Å². The lowest BCUT2D eigenvalue weighted by atomic mass is 9.92. The molecule has 0 N–H and O–H groups in total. The molecule has 0 aromatic heterocycles. The summed E-state index contributed by atoms with van der Waals surface area (Å²) in [5, 5.41) is 0. The van der Waals surface area contributed by atoms with Crippen molar-refractivity contribution in [1.29, 1.82) is 0 Å². The van der Waals surface area contributed by atoms with Crippen LogP contribution in [0, 0.1) is 6.92 Å². The zero-order chi connectivity index (χ0) is 14.2. The summed E-state index contributed by atoms with van der Waals surface area (Å²) in [6.07, 6.45) is 0.687. The van der Waals surface area contributed by atoms with Gasteiger partial charge in [-0.15, -0.1) is 0 Å². The van der Waals surface area contributed by atoms with Crippen LogP contribution in [0.3, 0.4) is 0 Å².